The number of aromatic nitrogens is 1. The molecule has 0 saturated carbocycles. The third-order valence-electron chi connectivity index (χ3n) is 4.12. The minimum atomic E-state index is 0.145. The molecule has 1 aromatic carbocycles. The van der Waals surface area contributed by atoms with Gasteiger partial charge in [0.25, 0.3) is 0 Å². The zero-order chi connectivity index (χ0) is 14.1. The number of fused-ring (bicyclic) bond motifs is 1. The largest absolute Gasteiger partial charge is 0.375 e. The minimum absolute atomic E-state index is 0.145. The number of anilines is 2. The Morgan fingerprint density at radius 2 is 2.05 bits per heavy atom. The van der Waals surface area contributed by atoms with E-state index in [1.54, 1.807) is 7.11 Å². The quantitative estimate of drug-likeness (QED) is 0.911. The van der Waals surface area contributed by atoms with E-state index in [-0.39, 0.29) is 6.10 Å². The number of pyridine rings is 1. The first-order chi connectivity index (χ1) is 9.69. The summed E-state index contributed by atoms with van der Waals surface area (Å²) in [4.78, 5) is 4.48. The molecule has 104 valence electrons. The van der Waals surface area contributed by atoms with Crippen molar-refractivity contribution in [3.8, 4) is 0 Å². The SMILES string of the molecule is COC1CCc2c(Nc3ccc(C)c(C)c3)ccnc21. The average molecular weight is 268 g/mol. The van der Waals surface area contributed by atoms with Crippen LogP contribution in [0.4, 0.5) is 11.4 Å². The molecule has 0 amide bonds. The van der Waals surface area contributed by atoms with Crippen molar-refractivity contribution in [1.82, 2.24) is 4.98 Å². The van der Waals surface area contributed by atoms with E-state index in [1.165, 1.54) is 16.7 Å². The number of methoxy groups -OCH3 is 1. The molecule has 0 bridgehead atoms. The fourth-order valence-corrected chi connectivity index (χ4v) is 2.78. The number of aryl methyl sites for hydroxylation is 2. The Labute approximate surface area is 120 Å². The maximum atomic E-state index is 5.49. The van der Waals surface area contributed by atoms with E-state index in [4.69, 9.17) is 4.74 Å². The van der Waals surface area contributed by atoms with E-state index in [1.807, 2.05) is 12.3 Å². The highest BCUT2D eigenvalue weighted by Crippen LogP contribution is 2.37. The number of hydrogen-bond donors (Lipinski definition) is 1. The van der Waals surface area contributed by atoms with Crippen LogP contribution >= 0.6 is 0 Å². The molecular weight excluding hydrogens is 248 g/mol. The van der Waals surface area contributed by atoms with Gasteiger partial charge in [-0.2, -0.15) is 0 Å². The molecular formula is C17H20N2O. The van der Waals surface area contributed by atoms with Gasteiger partial charge in [-0.25, -0.2) is 0 Å². The van der Waals surface area contributed by atoms with Crippen molar-refractivity contribution in [2.45, 2.75) is 32.8 Å². The van der Waals surface area contributed by atoms with Crippen LogP contribution in [0, 0.1) is 13.8 Å². The lowest BCUT2D eigenvalue weighted by molar-refractivity contribution is 0.102. The molecule has 1 atom stereocenters. The maximum Gasteiger partial charge on any atom is 0.0997 e. The molecule has 20 heavy (non-hydrogen) atoms. The summed E-state index contributed by atoms with van der Waals surface area (Å²) in [6.07, 6.45) is 4.05. The smallest absolute Gasteiger partial charge is 0.0997 e. The molecule has 1 aliphatic rings. The summed E-state index contributed by atoms with van der Waals surface area (Å²) in [6.45, 7) is 4.27. The molecule has 3 rings (SSSR count). The second-order valence-electron chi connectivity index (χ2n) is 5.41. The maximum absolute atomic E-state index is 5.49. The Balaban J connectivity index is 1.92. The number of nitrogens with one attached hydrogen (secondary N) is 1. The molecule has 1 unspecified atom stereocenters. The summed E-state index contributed by atoms with van der Waals surface area (Å²) in [6, 6.07) is 8.51. The van der Waals surface area contributed by atoms with Crippen LogP contribution in [-0.4, -0.2) is 12.1 Å². The second-order valence-corrected chi connectivity index (χ2v) is 5.41. The number of rotatable bonds is 3. The van der Waals surface area contributed by atoms with Gasteiger partial charge >= 0.3 is 0 Å². The first-order valence-corrected chi connectivity index (χ1v) is 7.04. The van der Waals surface area contributed by atoms with Crippen molar-refractivity contribution >= 4 is 11.4 Å². The summed E-state index contributed by atoms with van der Waals surface area (Å²) in [5, 5.41) is 3.52. The standard InChI is InChI=1S/C17H20N2O/c1-11-4-5-13(10-12(11)2)19-15-8-9-18-17-14(15)6-7-16(17)20-3/h4-5,8-10,16H,6-7H2,1-3H3,(H,18,19). The van der Waals surface area contributed by atoms with Crippen LogP contribution in [0.15, 0.2) is 30.5 Å². The highest BCUT2D eigenvalue weighted by molar-refractivity contribution is 5.65. The molecule has 0 aliphatic heterocycles. The molecule has 0 fully saturated rings. The first-order valence-electron chi connectivity index (χ1n) is 7.04. The molecule has 3 nitrogen and oxygen atoms in total. The summed E-state index contributed by atoms with van der Waals surface area (Å²) in [5.74, 6) is 0. The van der Waals surface area contributed by atoms with Crippen molar-refractivity contribution in [3.05, 3.63) is 52.8 Å². The van der Waals surface area contributed by atoms with Crippen molar-refractivity contribution in [1.29, 1.82) is 0 Å². The minimum Gasteiger partial charge on any atom is -0.375 e. The van der Waals surface area contributed by atoms with E-state index in [2.05, 4.69) is 42.3 Å². The van der Waals surface area contributed by atoms with Gasteiger partial charge in [0, 0.05) is 24.7 Å². The van der Waals surface area contributed by atoms with Crippen LogP contribution < -0.4 is 5.32 Å². The number of ether oxygens (including phenoxy) is 1. The van der Waals surface area contributed by atoms with E-state index in [9.17, 15) is 0 Å². The Bertz CT molecular complexity index is 637. The van der Waals surface area contributed by atoms with Gasteiger partial charge in [-0.05, 0) is 61.6 Å². The lowest BCUT2D eigenvalue weighted by Gasteiger charge is -2.13. The van der Waals surface area contributed by atoms with Crippen molar-refractivity contribution in [3.63, 3.8) is 0 Å². The van der Waals surface area contributed by atoms with Crippen LogP contribution in [0.5, 0.6) is 0 Å². The van der Waals surface area contributed by atoms with Crippen LogP contribution in [0.25, 0.3) is 0 Å². The summed E-state index contributed by atoms with van der Waals surface area (Å²) in [7, 11) is 1.75. The summed E-state index contributed by atoms with van der Waals surface area (Å²) >= 11 is 0. The summed E-state index contributed by atoms with van der Waals surface area (Å²) < 4.78 is 5.49. The number of nitrogens with zero attached hydrogens (tertiary/aromatic N) is 1. The third-order valence-corrected chi connectivity index (χ3v) is 4.12. The van der Waals surface area contributed by atoms with Crippen LogP contribution in [0.1, 0.15) is 34.9 Å². The van der Waals surface area contributed by atoms with E-state index < -0.39 is 0 Å². The molecule has 1 aliphatic carbocycles. The van der Waals surface area contributed by atoms with Crippen LogP contribution in [0.2, 0.25) is 0 Å². The Morgan fingerprint density at radius 1 is 1.20 bits per heavy atom. The van der Waals surface area contributed by atoms with E-state index in [0.717, 1.165) is 29.9 Å². The normalized spacial score (nSPS) is 17.1. The van der Waals surface area contributed by atoms with Crippen LogP contribution in [0.3, 0.4) is 0 Å². The molecule has 3 heteroatoms. The van der Waals surface area contributed by atoms with E-state index in [0.29, 0.717) is 0 Å². The van der Waals surface area contributed by atoms with Gasteiger partial charge < -0.3 is 10.1 Å². The van der Waals surface area contributed by atoms with Gasteiger partial charge in [-0.3, -0.25) is 4.98 Å². The molecule has 1 N–H and O–H groups in total. The van der Waals surface area contributed by atoms with Crippen molar-refractivity contribution in [2.24, 2.45) is 0 Å². The van der Waals surface area contributed by atoms with E-state index >= 15 is 0 Å². The molecule has 0 spiro atoms. The lowest BCUT2D eigenvalue weighted by atomic mass is 10.1. The number of hydrogen-bond acceptors (Lipinski definition) is 3. The molecule has 1 aromatic heterocycles. The van der Waals surface area contributed by atoms with Gasteiger partial charge in [-0.15, -0.1) is 0 Å². The molecule has 0 radical (unpaired) electrons. The molecule has 2 aromatic rings. The highest BCUT2D eigenvalue weighted by atomic mass is 16.5. The van der Waals surface area contributed by atoms with Crippen molar-refractivity contribution in [2.75, 3.05) is 12.4 Å². The fraction of sp³-hybridized carbons (Fsp3) is 0.353. The van der Waals surface area contributed by atoms with Gasteiger partial charge in [0.05, 0.1) is 11.8 Å². The van der Waals surface area contributed by atoms with Crippen LogP contribution in [-0.2, 0) is 11.2 Å². The van der Waals surface area contributed by atoms with Gasteiger partial charge in [0.1, 0.15) is 0 Å². The Morgan fingerprint density at radius 3 is 2.80 bits per heavy atom. The Kier molecular flexibility index (Phi) is 3.45. The molecule has 0 saturated heterocycles. The zero-order valence-electron chi connectivity index (χ0n) is 12.2. The fourth-order valence-electron chi connectivity index (χ4n) is 2.78. The van der Waals surface area contributed by atoms with Crippen molar-refractivity contribution < 1.29 is 4.74 Å². The second kappa shape index (κ2) is 5.25. The lowest BCUT2D eigenvalue weighted by Crippen LogP contribution is -2.01. The van der Waals surface area contributed by atoms with Gasteiger partial charge in [0.15, 0.2) is 0 Å². The van der Waals surface area contributed by atoms with Gasteiger partial charge in [0.2, 0.25) is 0 Å². The van der Waals surface area contributed by atoms with Gasteiger partial charge in [-0.1, -0.05) is 6.07 Å². The predicted molar refractivity (Wildman–Crippen MR) is 81.5 cm³/mol. The highest BCUT2D eigenvalue weighted by Gasteiger charge is 2.25. The molecule has 1 heterocycles. The average Bonchev–Trinajstić information content (AvgIpc) is 2.87. The topological polar surface area (TPSA) is 34.1 Å². The zero-order valence-corrected chi connectivity index (χ0v) is 12.2. The monoisotopic (exact) mass is 268 g/mol. The number of benzene rings is 1. The summed E-state index contributed by atoms with van der Waals surface area (Å²) in [5.41, 5.74) is 7.27. The Hall–Kier alpha value is -1.87. The third kappa shape index (κ3) is 2.29. The predicted octanol–water partition coefficient (Wildman–Crippen LogP) is 4.08. The first kappa shape index (κ1) is 13.1.